The minimum atomic E-state index is -1.02. The maximum Gasteiger partial charge on any atom is 0.328 e. The third kappa shape index (κ3) is 4.34. The van der Waals surface area contributed by atoms with Gasteiger partial charge in [0.25, 0.3) is 0 Å². The van der Waals surface area contributed by atoms with Crippen LogP contribution < -0.4 is 5.32 Å². The molecule has 1 aromatic heterocycles. The molecule has 0 fully saturated rings. The zero-order valence-corrected chi connectivity index (χ0v) is 12.3. The minimum Gasteiger partial charge on any atom is -0.478 e. The number of hydrogen-bond acceptors (Lipinski definition) is 2. The Balaban J connectivity index is 1.98. The van der Waals surface area contributed by atoms with Crippen molar-refractivity contribution in [1.82, 2.24) is 9.88 Å². The van der Waals surface area contributed by atoms with Crippen LogP contribution in [0.15, 0.2) is 54.7 Å². The molecular weight excluding hydrogens is 280 g/mol. The van der Waals surface area contributed by atoms with Gasteiger partial charge in [0, 0.05) is 18.0 Å². The fourth-order valence-corrected chi connectivity index (χ4v) is 2.15. The number of amides is 1. The zero-order valence-electron chi connectivity index (χ0n) is 12.3. The minimum absolute atomic E-state index is 0.0812. The quantitative estimate of drug-likeness (QED) is 0.805. The first kappa shape index (κ1) is 15.6. The second-order valence-corrected chi connectivity index (χ2v) is 4.93. The lowest BCUT2D eigenvalue weighted by molar-refractivity contribution is -0.131. The SMILES string of the molecule is CC(NC(=O)Cn1cccc1/C=C/C(=O)O)c1ccccc1. The van der Waals surface area contributed by atoms with Gasteiger partial charge in [0.2, 0.25) is 5.91 Å². The van der Waals surface area contributed by atoms with E-state index in [9.17, 15) is 9.59 Å². The Morgan fingerprint density at radius 2 is 1.95 bits per heavy atom. The lowest BCUT2D eigenvalue weighted by Gasteiger charge is -2.15. The van der Waals surface area contributed by atoms with Gasteiger partial charge in [-0.3, -0.25) is 4.79 Å². The first-order valence-electron chi connectivity index (χ1n) is 6.96. The molecule has 0 aliphatic rings. The van der Waals surface area contributed by atoms with E-state index in [-0.39, 0.29) is 18.5 Å². The molecule has 1 unspecified atom stereocenters. The normalized spacial score (nSPS) is 12.2. The summed E-state index contributed by atoms with van der Waals surface area (Å²) >= 11 is 0. The van der Waals surface area contributed by atoms with Crippen molar-refractivity contribution in [3.63, 3.8) is 0 Å². The number of benzene rings is 1. The number of carboxylic acid groups (broad SMARTS) is 1. The van der Waals surface area contributed by atoms with E-state index in [0.717, 1.165) is 11.6 Å². The standard InChI is InChI=1S/C17H18N2O3/c1-13(14-6-3-2-4-7-14)18-16(20)12-19-11-5-8-15(19)9-10-17(21)22/h2-11,13H,12H2,1H3,(H,18,20)(H,21,22)/b10-9+. The maximum absolute atomic E-state index is 12.1. The highest BCUT2D eigenvalue weighted by atomic mass is 16.4. The van der Waals surface area contributed by atoms with E-state index < -0.39 is 5.97 Å². The first-order valence-corrected chi connectivity index (χ1v) is 6.96. The molecule has 5 nitrogen and oxygen atoms in total. The highest BCUT2D eigenvalue weighted by Crippen LogP contribution is 2.11. The van der Waals surface area contributed by atoms with Crippen molar-refractivity contribution in [3.8, 4) is 0 Å². The number of aliphatic carboxylic acids is 1. The summed E-state index contributed by atoms with van der Waals surface area (Å²) in [6.45, 7) is 2.07. The Morgan fingerprint density at radius 3 is 2.64 bits per heavy atom. The summed E-state index contributed by atoms with van der Waals surface area (Å²) in [5, 5.41) is 11.6. The van der Waals surface area contributed by atoms with Gasteiger partial charge in [-0.1, -0.05) is 30.3 Å². The summed E-state index contributed by atoms with van der Waals surface area (Å²) < 4.78 is 1.70. The lowest BCUT2D eigenvalue weighted by atomic mass is 10.1. The fourth-order valence-electron chi connectivity index (χ4n) is 2.15. The molecule has 22 heavy (non-hydrogen) atoms. The fraction of sp³-hybridized carbons (Fsp3) is 0.176. The molecule has 0 bridgehead atoms. The molecule has 2 aromatic rings. The second kappa shape index (κ2) is 7.26. The first-order chi connectivity index (χ1) is 10.6. The van der Waals surface area contributed by atoms with Crippen LogP contribution >= 0.6 is 0 Å². The van der Waals surface area contributed by atoms with Crippen molar-refractivity contribution in [1.29, 1.82) is 0 Å². The molecule has 0 saturated carbocycles. The van der Waals surface area contributed by atoms with Crippen LogP contribution in [0.2, 0.25) is 0 Å². The van der Waals surface area contributed by atoms with E-state index in [1.165, 1.54) is 6.08 Å². The topological polar surface area (TPSA) is 71.3 Å². The van der Waals surface area contributed by atoms with E-state index in [1.54, 1.807) is 22.9 Å². The predicted octanol–water partition coefficient (Wildman–Crippen LogP) is 2.46. The Labute approximate surface area is 128 Å². The summed E-state index contributed by atoms with van der Waals surface area (Å²) in [4.78, 5) is 22.7. The van der Waals surface area contributed by atoms with Crippen molar-refractivity contribution in [2.24, 2.45) is 0 Å². The molecule has 114 valence electrons. The van der Waals surface area contributed by atoms with Gasteiger partial charge in [0.05, 0.1) is 6.04 Å². The van der Waals surface area contributed by atoms with Crippen molar-refractivity contribution in [2.45, 2.75) is 19.5 Å². The van der Waals surface area contributed by atoms with Crippen molar-refractivity contribution in [3.05, 3.63) is 66.0 Å². The van der Waals surface area contributed by atoms with Crippen LogP contribution in [0.25, 0.3) is 6.08 Å². The Morgan fingerprint density at radius 1 is 1.23 bits per heavy atom. The Hall–Kier alpha value is -2.82. The molecule has 2 N–H and O–H groups in total. The molecule has 2 rings (SSSR count). The molecule has 1 heterocycles. The van der Waals surface area contributed by atoms with Gasteiger partial charge in [0.1, 0.15) is 6.54 Å². The number of rotatable bonds is 6. The third-order valence-electron chi connectivity index (χ3n) is 3.25. The van der Waals surface area contributed by atoms with E-state index in [1.807, 2.05) is 37.3 Å². The largest absolute Gasteiger partial charge is 0.478 e. The smallest absolute Gasteiger partial charge is 0.328 e. The van der Waals surface area contributed by atoms with Crippen LogP contribution in [0.1, 0.15) is 24.2 Å². The molecule has 5 heteroatoms. The van der Waals surface area contributed by atoms with E-state index >= 15 is 0 Å². The van der Waals surface area contributed by atoms with Crippen LogP contribution in [-0.2, 0) is 16.1 Å². The number of carbonyl (C=O) groups is 2. The molecule has 0 saturated heterocycles. The van der Waals surface area contributed by atoms with Gasteiger partial charge in [-0.25, -0.2) is 4.79 Å². The predicted molar refractivity (Wildman–Crippen MR) is 84.1 cm³/mol. The second-order valence-electron chi connectivity index (χ2n) is 4.93. The van der Waals surface area contributed by atoms with Crippen LogP contribution in [0.5, 0.6) is 0 Å². The maximum atomic E-state index is 12.1. The molecule has 0 spiro atoms. The molecule has 0 aliphatic heterocycles. The van der Waals surface area contributed by atoms with Gasteiger partial charge < -0.3 is 15.0 Å². The van der Waals surface area contributed by atoms with Crippen molar-refractivity contribution >= 4 is 18.0 Å². The number of nitrogens with zero attached hydrogens (tertiary/aromatic N) is 1. The highest BCUT2D eigenvalue weighted by molar-refractivity contribution is 5.85. The monoisotopic (exact) mass is 298 g/mol. The Kier molecular flexibility index (Phi) is 5.14. The summed E-state index contributed by atoms with van der Waals surface area (Å²) in [6, 6.07) is 13.2. The van der Waals surface area contributed by atoms with Gasteiger partial charge in [-0.05, 0) is 30.7 Å². The average Bonchev–Trinajstić information content (AvgIpc) is 2.93. The van der Waals surface area contributed by atoms with Crippen molar-refractivity contribution < 1.29 is 14.7 Å². The van der Waals surface area contributed by atoms with Crippen molar-refractivity contribution in [2.75, 3.05) is 0 Å². The molecule has 1 aromatic carbocycles. The van der Waals surface area contributed by atoms with Crippen LogP contribution in [-0.4, -0.2) is 21.6 Å². The number of aromatic nitrogens is 1. The molecular formula is C17H18N2O3. The van der Waals surface area contributed by atoms with Gasteiger partial charge in [0.15, 0.2) is 0 Å². The summed E-state index contributed by atoms with van der Waals surface area (Å²) in [7, 11) is 0. The molecule has 1 amide bonds. The number of nitrogens with one attached hydrogen (secondary N) is 1. The van der Waals surface area contributed by atoms with Crippen LogP contribution in [0.4, 0.5) is 0 Å². The van der Waals surface area contributed by atoms with Gasteiger partial charge in [-0.2, -0.15) is 0 Å². The third-order valence-corrected chi connectivity index (χ3v) is 3.25. The van der Waals surface area contributed by atoms with Gasteiger partial charge in [-0.15, -0.1) is 0 Å². The lowest BCUT2D eigenvalue weighted by Crippen LogP contribution is -2.30. The van der Waals surface area contributed by atoms with E-state index in [4.69, 9.17) is 5.11 Å². The number of hydrogen-bond donors (Lipinski definition) is 2. The average molecular weight is 298 g/mol. The molecule has 1 atom stereocenters. The summed E-state index contributed by atoms with van der Waals surface area (Å²) in [5.74, 6) is -1.15. The summed E-state index contributed by atoms with van der Waals surface area (Å²) in [5.41, 5.74) is 1.71. The van der Waals surface area contributed by atoms with Crippen LogP contribution in [0.3, 0.4) is 0 Å². The van der Waals surface area contributed by atoms with E-state index in [2.05, 4.69) is 5.32 Å². The van der Waals surface area contributed by atoms with E-state index in [0.29, 0.717) is 5.69 Å². The Bertz CT molecular complexity index is 674. The zero-order chi connectivity index (χ0) is 15.9. The van der Waals surface area contributed by atoms with Crippen LogP contribution in [0, 0.1) is 0 Å². The van der Waals surface area contributed by atoms with Gasteiger partial charge >= 0.3 is 5.97 Å². The molecule has 0 aliphatic carbocycles. The molecule has 0 radical (unpaired) electrons. The number of carbonyl (C=O) groups excluding carboxylic acids is 1. The number of carboxylic acids is 1. The summed E-state index contributed by atoms with van der Waals surface area (Å²) in [6.07, 6.45) is 4.26. The highest BCUT2D eigenvalue weighted by Gasteiger charge is 2.10.